The number of carbonyl (C=O) groups excluding carboxylic acids is 2. The van der Waals surface area contributed by atoms with E-state index in [0.29, 0.717) is 11.8 Å². The number of hydrogen-bond donors (Lipinski definition) is 2. The highest BCUT2D eigenvalue weighted by Gasteiger charge is 2.25. The third-order valence-corrected chi connectivity index (χ3v) is 3.75. The maximum atomic E-state index is 13.7. The maximum Gasteiger partial charge on any atom is 0.322 e. The summed E-state index contributed by atoms with van der Waals surface area (Å²) in [6.07, 6.45) is 0.824. The van der Waals surface area contributed by atoms with Crippen LogP contribution in [-0.4, -0.2) is 28.4 Å². The summed E-state index contributed by atoms with van der Waals surface area (Å²) in [5, 5.41) is 4.92. The summed E-state index contributed by atoms with van der Waals surface area (Å²) in [6.45, 7) is -0.352. The summed E-state index contributed by atoms with van der Waals surface area (Å²) < 4.78 is 48.2. The predicted molar refractivity (Wildman–Crippen MR) is 86.5 cm³/mol. The molecule has 3 rings (SSSR count). The molecule has 1 aromatic heterocycles. The second-order valence-electron chi connectivity index (χ2n) is 5.73. The zero-order chi connectivity index (χ0) is 19.7. The number of anilines is 1. The van der Waals surface area contributed by atoms with E-state index in [-0.39, 0.29) is 11.3 Å². The van der Waals surface area contributed by atoms with E-state index in [4.69, 9.17) is 1.37 Å². The van der Waals surface area contributed by atoms with Crippen molar-refractivity contribution in [3.05, 3.63) is 59.2 Å². The van der Waals surface area contributed by atoms with Crippen molar-refractivity contribution in [1.82, 2.24) is 15.2 Å². The number of amides is 3. The highest BCUT2D eigenvalue weighted by Crippen LogP contribution is 2.24. The number of nitrogens with zero attached hydrogens (tertiary/aromatic N) is 2. The Kier molecular flexibility index (Phi) is 4.42. The monoisotopic (exact) mass is 365 g/mol. The Morgan fingerprint density at radius 3 is 2.88 bits per heavy atom. The molecular formula is C17H15F3N4O2. The van der Waals surface area contributed by atoms with Crippen LogP contribution >= 0.6 is 0 Å². The molecular weight excluding hydrogens is 349 g/mol. The Morgan fingerprint density at radius 1 is 1.38 bits per heavy atom. The van der Waals surface area contributed by atoms with Gasteiger partial charge in [0, 0.05) is 11.8 Å². The number of hydrogen-bond acceptors (Lipinski definition) is 3. The van der Waals surface area contributed by atoms with Crippen LogP contribution in [0.3, 0.4) is 0 Å². The number of benzene rings is 1. The number of aromatic nitrogens is 1. The van der Waals surface area contributed by atoms with E-state index in [1.165, 1.54) is 13.0 Å². The molecule has 0 unspecified atom stereocenters. The Hall–Kier alpha value is -3.10. The molecule has 2 heterocycles. The molecule has 1 aliphatic heterocycles. The average Bonchev–Trinajstić information content (AvgIpc) is 2.59. The molecule has 1 aromatic carbocycles. The largest absolute Gasteiger partial charge is 0.346 e. The van der Waals surface area contributed by atoms with Crippen molar-refractivity contribution < 1.29 is 24.1 Å². The molecule has 2 atom stereocenters. The molecule has 0 saturated carbocycles. The van der Waals surface area contributed by atoms with Crippen molar-refractivity contribution in [2.24, 2.45) is 0 Å². The van der Waals surface area contributed by atoms with E-state index in [0.717, 1.165) is 23.2 Å². The number of rotatable bonds is 4. The summed E-state index contributed by atoms with van der Waals surface area (Å²) in [7, 11) is 0. The lowest BCUT2D eigenvalue weighted by atomic mass is 10.1. The zero-order valence-corrected chi connectivity index (χ0v) is 13.6. The molecule has 0 fully saturated rings. The van der Waals surface area contributed by atoms with Gasteiger partial charge < -0.3 is 15.5 Å². The van der Waals surface area contributed by atoms with E-state index < -0.39 is 48.5 Å². The summed E-state index contributed by atoms with van der Waals surface area (Å²) in [4.78, 5) is 28.9. The van der Waals surface area contributed by atoms with Gasteiger partial charge in [0.15, 0.2) is 0 Å². The molecule has 0 spiro atoms. The molecule has 9 heteroatoms. The van der Waals surface area contributed by atoms with Crippen LogP contribution in [0.1, 0.15) is 25.6 Å². The normalized spacial score (nSPS) is 17.8. The van der Waals surface area contributed by atoms with Gasteiger partial charge in [0.1, 0.15) is 24.0 Å². The van der Waals surface area contributed by atoms with Gasteiger partial charge in [0.25, 0.3) is 0 Å². The van der Waals surface area contributed by atoms with E-state index in [2.05, 4.69) is 15.6 Å². The summed E-state index contributed by atoms with van der Waals surface area (Å²) >= 11 is 0. The molecule has 6 nitrogen and oxygen atoms in total. The van der Waals surface area contributed by atoms with Gasteiger partial charge in [0.05, 0.1) is 25.8 Å². The van der Waals surface area contributed by atoms with Crippen molar-refractivity contribution in [2.45, 2.75) is 19.5 Å². The van der Waals surface area contributed by atoms with Crippen LogP contribution in [0.4, 0.5) is 23.7 Å². The minimum absolute atomic E-state index is 0.164. The van der Waals surface area contributed by atoms with Gasteiger partial charge >= 0.3 is 6.03 Å². The second kappa shape index (κ2) is 7.03. The van der Waals surface area contributed by atoms with Gasteiger partial charge in [-0.05, 0) is 30.7 Å². The Labute approximate surface area is 148 Å². The molecule has 2 N–H and O–H groups in total. The Morgan fingerprint density at radius 2 is 2.15 bits per heavy atom. The Balaban J connectivity index is 1.71. The van der Waals surface area contributed by atoms with E-state index in [9.17, 15) is 22.8 Å². The first-order valence-corrected chi connectivity index (χ1v) is 7.66. The molecule has 136 valence electrons. The van der Waals surface area contributed by atoms with Gasteiger partial charge in [0.2, 0.25) is 5.91 Å². The van der Waals surface area contributed by atoms with Gasteiger partial charge in [-0.15, -0.1) is 0 Å². The zero-order valence-electron chi connectivity index (χ0n) is 14.6. The maximum absolute atomic E-state index is 13.7. The molecule has 3 amide bonds. The molecule has 0 aliphatic carbocycles. The van der Waals surface area contributed by atoms with Crippen molar-refractivity contribution in [2.75, 3.05) is 11.9 Å². The topological polar surface area (TPSA) is 74.3 Å². The van der Waals surface area contributed by atoms with Crippen LogP contribution in [0.2, 0.25) is 0 Å². The van der Waals surface area contributed by atoms with Crippen LogP contribution in [0.5, 0.6) is 0 Å². The van der Waals surface area contributed by atoms with E-state index in [1.807, 2.05) is 0 Å². The molecule has 2 aromatic rings. The first kappa shape index (κ1) is 16.4. The molecule has 26 heavy (non-hydrogen) atoms. The van der Waals surface area contributed by atoms with Crippen LogP contribution in [0.25, 0.3) is 0 Å². The third kappa shape index (κ3) is 3.76. The average molecular weight is 365 g/mol. The number of urea groups is 1. The van der Waals surface area contributed by atoms with Gasteiger partial charge in [-0.25, -0.2) is 18.0 Å². The van der Waals surface area contributed by atoms with Gasteiger partial charge in [-0.1, -0.05) is 0 Å². The van der Waals surface area contributed by atoms with Crippen LogP contribution in [0.15, 0.2) is 30.5 Å². The lowest BCUT2D eigenvalue weighted by Crippen LogP contribution is -2.45. The summed E-state index contributed by atoms with van der Waals surface area (Å²) in [6, 6.07) is 2.67. The van der Waals surface area contributed by atoms with E-state index in [1.54, 1.807) is 0 Å². The number of halogens is 3. The molecule has 1 aliphatic rings. The predicted octanol–water partition coefficient (Wildman–Crippen LogP) is 2.72. The SMILES string of the molecule is [2H][C@H]1c2cc(F)ccc2NC(=O)N1CC(=O)N[C@@H](C)c1ncc(F)cc1F. The minimum Gasteiger partial charge on any atom is -0.346 e. The van der Waals surface area contributed by atoms with Crippen molar-refractivity contribution in [1.29, 1.82) is 0 Å². The van der Waals surface area contributed by atoms with E-state index >= 15 is 0 Å². The number of pyridine rings is 1. The second-order valence-corrected chi connectivity index (χ2v) is 5.73. The lowest BCUT2D eigenvalue weighted by Gasteiger charge is -2.29. The van der Waals surface area contributed by atoms with Crippen LogP contribution in [-0.2, 0) is 11.3 Å². The van der Waals surface area contributed by atoms with Gasteiger partial charge in [-0.2, -0.15) is 0 Å². The summed E-state index contributed by atoms with van der Waals surface area (Å²) in [5.74, 6) is -3.01. The van der Waals surface area contributed by atoms with Crippen molar-refractivity contribution in [3.63, 3.8) is 0 Å². The number of fused-ring (bicyclic) bond motifs is 1. The minimum atomic E-state index is -1.29. The van der Waals surface area contributed by atoms with Crippen LogP contribution in [0, 0.1) is 17.5 Å². The highest BCUT2D eigenvalue weighted by atomic mass is 19.1. The summed E-state index contributed by atoms with van der Waals surface area (Å²) in [5.41, 5.74) is 0.341. The van der Waals surface area contributed by atoms with Crippen LogP contribution < -0.4 is 10.6 Å². The smallest absolute Gasteiger partial charge is 0.322 e. The Bertz CT molecular complexity index is 912. The quantitative estimate of drug-likeness (QED) is 0.875. The molecule has 0 saturated heterocycles. The fourth-order valence-corrected chi connectivity index (χ4v) is 2.54. The van der Waals surface area contributed by atoms with Crippen molar-refractivity contribution in [3.8, 4) is 0 Å². The fourth-order valence-electron chi connectivity index (χ4n) is 2.54. The van der Waals surface area contributed by atoms with Crippen molar-refractivity contribution >= 4 is 17.6 Å². The standard InChI is InChI=1S/C17H15F3N4O2/c1-9(16-13(20)5-12(19)6-21-16)22-15(25)8-24-7-10-4-11(18)2-3-14(10)23-17(24)26/h2-6,9H,7-8H2,1H3,(H,22,25)(H,23,26)/t9-/m0/s1/i7D/t7-,9-. The molecule has 0 bridgehead atoms. The number of carbonyl (C=O) groups is 2. The lowest BCUT2D eigenvalue weighted by molar-refractivity contribution is -0.122. The highest BCUT2D eigenvalue weighted by molar-refractivity contribution is 5.94. The fraction of sp³-hybridized carbons (Fsp3) is 0.235. The first-order chi connectivity index (χ1) is 12.8. The first-order valence-electron chi connectivity index (χ1n) is 8.23. The van der Waals surface area contributed by atoms with Gasteiger partial charge in [-0.3, -0.25) is 9.78 Å². The number of nitrogens with one attached hydrogen (secondary N) is 2. The molecule has 0 radical (unpaired) electrons. The third-order valence-electron chi connectivity index (χ3n) is 3.75.